The van der Waals surface area contributed by atoms with Gasteiger partial charge in [0.2, 0.25) is 5.91 Å². The van der Waals surface area contributed by atoms with Crippen LogP contribution in [0.2, 0.25) is 5.02 Å². The topological polar surface area (TPSA) is 61.9 Å². The third-order valence-electron chi connectivity index (χ3n) is 4.35. The van der Waals surface area contributed by atoms with Crippen molar-refractivity contribution in [2.24, 2.45) is 0 Å². The molecule has 2 aromatic rings. The van der Waals surface area contributed by atoms with Crippen molar-refractivity contribution in [3.05, 3.63) is 51.8 Å². The molecule has 0 bridgehead atoms. The van der Waals surface area contributed by atoms with Crippen LogP contribution in [0, 0.1) is 25.2 Å². The summed E-state index contributed by atoms with van der Waals surface area (Å²) in [6, 6.07) is 9.69. The highest BCUT2D eigenvalue weighted by molar-refractivity contribution is 6.31. The first-order chi connectivity index (χ1) is 11.9. The molecule has 1 amide bonds. The molecule has 0 aliphatic rings. The number of nitrogens with zero attached hydrogens (tertiary/aromatic N) is 4. The minimum atomic E-state index is 0.0727. The van der Waals surface area contributed by atoms with Gasteiger partial charge < -0.3 is 4.90 Å². The highest BCUT2D eigenvalue weighted by atomic mass is 35.5. The van der Waals surface area contributed by atoms with E-state index in [1.807, 2.05) is 42.8 Å². The smallest absolute Gasteiger partial charge is 0.222 e. The number of halogens is 1. The van der Waals surface area contributed by atoms with Crippen LogP contribution < -0.4 is 0 Å². The zero-order valence-electron chi connectivity index (χ0n) is 14.9. The monoisotopic (exact) mass is 358 g/mol. The lowest BCUT2D eigenvalue weighted by atomic mass is 10.1. The number of benzene rings is 1. The van der Waals surface area contributed by atoms with Crippen molar-refractivity contribution < 1.29 is 4.79 Å². The number of rotatable bonds is 7. The van der Waals surface area contributed by atoms with E-state index < -0.39 is 0 Å². The summed E-state index contributed by atoms with van der Waals surface area (Å²) in [7, 11) is 1.79. The van der Waals surface area contributed by atoms with Gasteiger partial charge in [-0.3, -0.25) is 9.48 Å². The zero-order valence-corrected chi connectivity index (χ0v) is 15.7. The van der Waals surface area contributed by atoms with E-state index in [2.05, 4.69) is 11.2 Å². The van der Waals surface area contributed by atoms with Crippen molar-refractivity contribution in [1.29, 1.82) is 5.26 Å². The highest BCUT2D eigenvalue weighted by Crippen LogP contribution is 2.18. The van der Waals surface area contributed by atoms with E-state index in [-0.39, 0.29) is 5.91 Å². The molecule has 6 heteroatoms. The molecule has 0 aliphatic heterocycles. The molecular formula is C19H23ClN4O. The van der Waals surface area contributed by atoms with Gasteiger partial charge in [0.05, 0.1) is 24.7 Å². The predicted molar refractivity (Wildman–Crippen MR) is 98.2 cm³/mol. The van der Waals surface area contributed by atoms with Gasteiger partial charge in [-0.15, -0.1) is 0 Å². The Balaban J connectivity index is 1.97. The average Bonchev–Trinajstić information content (AvgIpc) is 2.86. The van der Waals surface area contributed by atoms with Crippen LogP contribution in [0.25, 0.3) is 0 Å². The molecule has 0 atom stereocenters. The summed E-state index contributed by atoms with van der Waals surface area (Å²) in [6.45, 7) is 5.02. The van der Waals surface area contributed by atoms with E-state index in [1.54, 1.807) is 11.9 Å². The van der Waals surface area contributed by atoms with Gasteiger partial charge in [0.1, 0.15) is 0 Å². The largest absolute Gasteiger partial charge is 0.341 e. The lowest BCUT2D eigenvalue weighted by Crippen LogP contribution is -2.26. The minimum Gasteiger partial charge on any atom is -0.341 e. The molecule has 132 valence electrons. The summed E-state index contributed by atoms with van der Waals surface area (Å²) >= 11 is 6.16. The molecular weight excluding hydrogens is 336 g/mol. The molecule has 5 nitrogen and oxygen atoms in total. The summed E-state index contributed by atoms with van der Waals surface area (Å²) in [5.74, 6) is 0.0727. The second-order valence-electron chi connectivity index (χ2n) is 6.12. The Labute approximate surface area is 153 Å². The summed E-state index contributed by atoms with van der Waals surface area (Å²) in [5.41, 5.74) is 4.00. The third-order valence-corrected chi connectivity index (χ3v) is 4.72. The Morgan fingerprint density at radius 1 is 1.36 bits per heavy atom. The summed E-state index contributed by atoms with van der Waals surface area (Å²) < 4.78 is 1.85. The number of aryl methyl sites for hydroxylation is 2. The zero-order chi connectivity index (χ0) is 18.4. The lowest BCUT2D eigenvalue weighted by molar-refractivity contribution is -0.130. The number of carbonyl (C=O) groups excluding carboxylic acids is 1. The van der Waals surface area contributed by atoms with Crippen LogP contribution in [0.4, 0.5) is 0 Å². The second kappa shape index (κ2) is 8.68. The minimum absolute atomic E-state index is 0.0727. The van der Waals surface area contributed by atoms with Gasteiger partial charge in [0.15, 0.2) is 0 Å². The maximum atomic E-state index is 12.4. The number of carbonyl (C=O) groups is 1. The van der Waals surface area contributed by atoms with E-state index in [0.717, 1.165) is 22.5 Å². The Kier molecular flexibility index (Phi) is 6.60. The van der Waals surface area contributed by atoms with Crippen LogP contribution in [0.3, 0.4) is 0 Å². The second-order valence-corrected chi connectivity index (χ2v) is 6.53. The Morgan fingerprint density at radius 2 is 2.08 bits per heavy atom. The molecule has 0 fully saturated rings. The Morgan fingerprint density at radius 3 is 2.76 bits per heavy atom. The number of hydrogen-bond acceptors (Lipinski definition) is 3. The fourth-order valence-electron chi connectivity index (χ4n) is 2.86. The number of hydrogen-bond donors (Lipinski definition) is 0. The number of aromatic nitrogens is 2. The quantitative estimate of drug-likeness (QED) is 0.758. The van der Waals surface area contributed by atoms with Gasteiger partial charge in [0.25, 0.3) is 0 Å². The molecule has 1 aromatic carbocycles. The van der Waals surface area contributed by atoms with Gasteiger partial charge >= 0.3 is 0 Å². The maximum absolute atomic E-state index is 12.4. The molecule has 0 saturated heterocycles. The maximum Gasteiger partial charge on any atom is 0.222 e. The summed E-state index contributed by atoms with van der Waals surface area (Å²) in [5, 5.41) is 13.9. The lowest BCUT2D eigenvalue weighted by Gasteiger charge is -2.18. The van der Waals surface area contributed by atoms with Gasteiger partial charge in [0, 0.05) is 30.7 Å². The van der Waals surface area contributed by atoms with Crippen molar-refractivity contribution in [2.75, 3.05) is 7.05 Å². The van der Waals surface area contributed by atoms with Crippen LogP contribution >= 0.6 is 11.6 Å². The van der Waals surface area contributed by atoms with Gasteiger partial charge in [-0.2, -0.15) is 10.4 Å². The van der Waals surface area contributed by atoms with Crippen LogP contribution in [-0.4, -0.2) is 27.6 Å². The molecule has 1 heterocycles. The van der Waals surface area contributed by atoms with E-state index in [9.17, 15) is 4.79 Å². The van der Waals surface area contributed by atoms with Gasteiger partial charge in [-0.05, 0) is 37.5 Å². The Bertz CT molecular complexity index is 791. The van der Waals surface area contributed by atoms with E-state index in [4.69, 9.17) is 16.9 Å². The number of amides is 1. The first-order valence-corrected chi connectivity index (χ1v) is 8.69. The molecule has 0 radical (unpaired) electrons. The van der Waals surface area contributed by atoms with Gasteiger partial charge in [-0.1, -0.05) is 29.8 Å². The molecule has 25 heavy (non-hydrogen) atoms. The van der Waals surface area contributed by atoms with Gasteiger partial charge in [-0.25, -0.2) is 0 Å². The van der Waals surface area contributed by atoms with Crippen molar-refractivity contribution in [2.45, 2.75) is 46.2 Å². The summed E-state index contributed by atoms with van der Waals surface area (Å²) in [4.78, 5) is 14.1. The van der Waals surface area contributed by atoms with E-state index in [0.29, 0.717) is 37.4 Å². The van der Waals surface area contributed by atoms with Crippen molar-refractivity contribution >= 4 is 17.5 Å². The van der Waals surface area contributed by atoms with Crippen LogP contribution in [-0.2, 0) is 24.3 Å². The first-order valence-electron chi connectivity index (χ1n) is 8.31. The number of nitriles is 1. The molecule has 0 spiro atoms. The first kappa shape index (κ1) is 19.0. The predicted octanol–water partition coefficient (Wildman–Crippen LogP) is 3.66. The van der Waals surface area contributed by atoms with Crippen LogP contribution in [0.15, 0.2) is 24.3 Å². The molecule has 0 N–H and O–H groups in total. The fourth-order valence-corrected chi connectivity index (χ4v) is 3.06. The van der Waals surface area contributed by atoms with Crippen molar-refractivity contribution in [3.63, 3.8) is 0 Å². The molecule has 2 rings (SSSR count). The molecule has 0 unspecified atom stereocenters. The highest BCUT2D eigenvalue weighted by Gasteiger charge is 2.15. The SMILES string of the molecule is Cc1nn(CCC#N)c(C)c1CCC(=O)N(C)Cc1ccccc1Cl. The van der Waals surface area contributed by atoms with Crippen molar-refractivity contribution in [3.8, 4) is 6.07 Å². The van der Waals surface area contributed by atoms with E-state index in [1.165, 1.54) is 0 Å². The Hall–Kier alpha value is -2.32. The molecule has 1 aromatic heterocycles. The van der Waals surface area contributed by atoms with Crippen LogP contribution in [0.1, 0.15) is 35.4 Å². The summed E-state index contributed by atoms with van der Waals surface area (Å²) in [6.07, 6.45) is 1.50. The third kappa shape index (κ3) is 4.83. The normalized spacial score (nSPS) is 10.5. The fraction of sp³-hybridized carbons (Fsp3) is 0.421. The molecule has 0 aliphatic carbocycles. The average molecular weight is 359 g/mol. The standard InChI is InChI=1S/C19H23ClN4O/c1-14-17(15(2)24(22-14)12-6-11-21)9-10-19(25)23(3)13-16-7-4-5-8-18(16)20/h4-5,7-8H,6,9-10,12-13H2,1-3H3. The van der Waals surface area contributed by atoms with Crippen molar-refractivity contribution in [1.82, 2.24) is 14.7 Å². The van der Waals surface area contributed by atoms with Crippen LogP contribution in [0.5, 0.6) is 0 Å². The molecule has 0 saturated carbocycles. The van der Waals surface area contributed by atoms with E-state index >= 15 is 0 Å².